The molecule has 0 atom stereocenters. The molecule has 0 fully saturated rings. The molecule has 0 saturated carbocycles. The Balaban J connectivity index is 1.43. The van der Waals surface area contributed by atoms with Crippen LogP contribution in [-0.4, -0.2) is 23.1 Å². The van der Waals surface area contributed by atoms with Crippen LogP contribution in [0.15, 0.2) is 85.2 Å². The molecule has 0 radical (unpaired) electrons. The molecular formula is C24H22N4. The van der Waals surface area contributed by atoms with Crippen molar-refractivity contribution in [3.8, 4) is 22.5 Å². The maximum Gasteiger partial charge on any atom is 0.0458 e. The fraction of sp³-hybridized carbons (Fsp3) is 0.0833. The van der Waals surface area contributed by atoms with Gasteiger partial charge in [0, 0.05) is 35.9 Å². The molecule has 2 aliphatic rings. The van der Waals surface area contributed by atoms with Crippen molar-refractivity contribution in [2.45, 2.75) is 0 Å². The zero-order chi connectivity index (χ0) is 18.8. The summed E-state index contributed by atoms with van der Waals surface area (Å²) in [6.07, 6.45) is 12.6. The van der Waals surface area contributed by atoms with E-state index in [9.17, 15) is 0 Å². The first-order valence-corrected chi connectivity index (χ1v) is 9.57. The third-order valence-electron chi connectivity index (χ3n) is 5.12. The second kappa shape index (κ2) is 7.16. The van der Waals surface area contributed by atoms with Gasteiger partial charge in [0.2, 0.25) is 0 Å². The van der Waals surface area contributed by atoms with Crippen LogP contribution in [0, 0.1) is 0 Å². The van der Waals surface area contributed by atoms with E-state index in [2.05, 4.69) is 93.4 Å². The number of hydrogen-bond donors (Lipinski definition) is 4. The molecule has 138 valence electrons. The van der Waals surface area contributed by atoms with E-state index in [0.717, 1.165) is 35.9 Å². The minimum Gasteiger partial charge on any atom is -0.387 e. The highest BCUT2D eigenvalue weighted by atomic mass is 14.8. The summed E-state index contributed by atoms with van der Waals surface area (Å²) in [6.45, 7) is 1.74. The van der Waals surface area contributed by atoms with Crippen molar-refractivity contribution in [1.29, 1.82) is 0 Å². The molecule has 4 N–H and O–H groups in total. The van der Waals surface area contributed by atoms with E-state index in [1.54, 1.807) is 0 Å². The number of allylic oxidation sites excluding steroid dienone is 4. The van der Waals surface area contributed by atoms with Gasteiger partial charge in [-0.05, 0) is 77.2 Å². The maximum atomic E-state index is 3.55. The molecule has 2 aliphatic heterocycles. The summed E-state index contributed by atoms with van der Waals surface area (Å²) in [5.41, 5.74) is 9.34. The number of aromatic amines is 2. The summed E-state index contributed by atoms with van der Waals surface area (Å²) in [7, 11) is 0. The zero-order valence-electron chi connectivity index (χ0n) is 15.5. The Bertz CT molecular complexity index is 1040. The Labute approximate surface area is 164 Å². The van der Waals surface area contributed by atoms with E-state index in [1.807, 2.05) is 12.4 Å². The number of H-pyrrole nitrogens is 2. The second-order valence-electron chi connectivity index (χ2n) is 6.95. The van der Waals surface area contributed by atoms with Crippen LogP contribution < -0.4 is 10.6 Å². The van der Waals surface area contributed by atoms with Crippen LogP contribution in [0.4, 0.5) is 0 Å². The van der Waals surface area contributed by atoms with E-state index < -0.39 is 0 Å². The summed E-state index contributed by atoms with van der Waals surface area (Å²) in [5, 5.41) is 6.38. The van der Waals surface area contributed by atoms with Crippen molar-refractivity contribution >= 4 is 11.1 Å². The van der Waals surface area contributed by atoms with Crippen molar-refractivity contribution in [2.24, 2.45) is 0 Å². The van der Waals surface area contributed by atoms with Crippen LogP contribution in [0.1, 0.15) is 11.4 Å². The molecule has 28 heavy (non-hydrogen) atoms. The predicted octanol–water partition coefficient (Wildman–Crippen LogP) is 4.68. The van der Waals surface area contributed by atoms with Crippen molar-refractivity contribution in [3.05, 3.63) is 96.6 Å². The summed E-state index contributed by atoms with van der Waals surface area (Å²) in [5.74, 6) is 0. The normalized spacial score (nSPS) is 15.6. The lowest BCUT2D eigenvalue weighted by Crippen LogP contribution is -2.08. The van der Waals surface area contributed by atoms with E-state index in [4.69, 9.17) is 0 Å². The smallest absolute Gasteiger partial charge is 0.0458 e. The van der Waals surface area contributed by atoms with Gasteiger partial charge in [-0.3, -0.25) is 0 Å². The lowest BCUT2D eigenvalue weighted by atomic mass is 10.1. The first kappa shape index (κ1) is 16.5. The first-order chi connectivity index (χ1) is 13.9. The fourth-order valence-electron chi connectivity index (χ4n) is 3.62. The van der Waals surface area contributed by atoms with Crippen LogP contribution >= 0.6 is 0 Å². The zero-order valence-corrected chi connectivity index (χ0v) is 15.5. The van der Waals surface area contributed by atoms with Crippen molar-refractivity contribution in [1.82, 2.24) is 20.6 Å². The monoisotopic (exact) mass is 366 g/mol. The van der Waals surface area contributed by atoms with Crippen molar-refractivity contribution < 1.29 is 0 Å². The van der Waals surface area contributed by atoms with E-state index in [0.29, 0.717) is 0 Å². The highest BCUT2D eigenvalue weighted by Crippen LogP contribution is 2.28. The molecule has 3 aromatic rings. The molecule has 0 spiro atoms. The van der Waals surface area contributed by atoms with Gasteiger partial charge in [-0.25, -0.2) is 0 Å². The van der Waals surface area contributed by atoms with E-state index in [1.165, 1.54) is 22.3 Å². The molecule has 4 nitrogen and oxygen atoms in total. The number of nitrogens with one attached hydrogen (secondary N) is 4. The largest absolute Gasteiger partial charge is 0.387 e. The van der Waals surface area contributed by atoms with E-state index >= 15 is 0 Å². The van der Waals surface area contributed by atoms with Gasteiger partial charge in [-0.2, -0.15) is 0 Å². The Morgan fingerprint density at radius 2 is 1.07 bits per heavy atom. The third-order valence-corrected chi connectivity index (χ3v) is 5.12. The lowest BCUT2D eigenvalue weighted by Gasteiger charge is -2.07. The van der Waals surface area contributed by atoms with Crippen molar-refractivity contribution in [2.75, 3.05) is 13.1 Å². The maximum absolute atomic E-state index is 3.55. The third kappa shape index (κ3) is 3.21. The molecular weight excluding hydrogens is 344 g/mol. The van der Waals surface area contributed by atoms with Gasteiger partial charge in [0.25, 0.3) is 0 Å². The number of benzene rings is 1. The Morgan fingerprint density at radius 3 is 1.54 bits per heavy atom. The van der Waals surface area contributed by atoms with Crippen LogP contribution in [0.25, 0.3) is 33.7 Å². The lowest BCUT2D eigenvalue weighted by molar-refractivity contribution is 0.974. The summed E-state index contributed by atoms with van der Waals surface area (Å²) >= 11 is 0. The topological polar surface area (TPSA) is 55.6 Å². The fourth-order valence-corrected chi connectivity index (χ4v) is 3.62. The van der Waals surface area contributed by atoms with Gasteiger partial charge in [-0.1, -0.05) is 30.4 Å². The summed E-state index contributed by atoms with van der Waals surface area (Å²) in [4.78, 5) is 7.10. The van der Waals surface area contributed by atoms with Crippen LogP contribution in [-0.2, 0) is 0 Å². The Kier molecular flexibility index (Phi) is 4.22. The first-order valence-electron chi connectivity index (χ1n) is 9.57. The standard InChI is InChI=1S/C24H22N4/c1-2-19(23-6-4-21(27-23)17-8-12-25-13-9-17)16-20(3-1)24-7-5-22(28-24)18-10-14-26-15-11-18/h1-12,14,16,25-28H,13,15H2. The Hall–Kier alpha value is -3.66. The van der Waals surface area contributed by atoms with Crippen LogP contribution in [0.5, 0.6) is 0 Å². The molecule has 5 rings (SSSR count). The molecule has 2 aromatic heterocycles. The number of rotatable bonds is 4. The van der Waals surface area contributed by atoms with Gasteiger partial charge in [0.05, 0.1) is 0 Å². The number of aromatic nitrogens is 2. The van der Waals surface area contributed by atoms with Gasteiger partial charge in [-0.15, -0.1) is 0 Å². The molecule has 0 amide bonds. The molecule has 0 aliphatic carbocycles. The minimum atomic E-state index is 0.868. The molecule has 4 heteroatoms. The molecule has 1 aromatic carbocycles. The quantitative estimate of drug-likeness (QED) is 0.542. The Morgan fingerprint density at radius 1 is 0.571 bits per heavy atom. The summed E-state index contributed by atoms with van der Waals surface area (Å²) < 4.78 is 0. The predicted molar refractivity (Wildman–Crippen MR) is 116 cm³/mol. The summed E-state index contributed by atoms with van der Waals surface area (Å²) in [6, 6.07) is 17.2. The van der Waals surface area contributed by atoms with Crippen molar-refractivity contribution in [3.63, 3.8) is 0 Å². The van der Waals surface area contributed by atoms with E-state index in [-0.39, 0.29) is 0 Å². The highest BCUT2D eigenvalue weighted by molar-refractivity contribution is 5.78. The van der Waals surface area contributed by atoms with Gasteiger partial charge in [0.15, 0.2) is 0 Å². The number of dihydropyridines is 2. The molecule has 4 heterocycles. The van der Waals surface area contributed by atoms with Crippen LogP contribution in [0.2, 0.25) is 0 Å². The highest BCUT2D eigenvalue weighted by Gasteiger charge is 2.09. The van der Waals surface area contributed by atoms with Gasteiger partial charge < -0.3 is 20.6 Å². The average Bonchev–Trinajstić information content (AvgIpc) is 3.46. The SMILES string of the molecule is C1=CC(c2ccc(-c3cccc(-c4ccc(C5=CCNC=C5)[nH]4)c3)[nH]2)=CCN1. The second-order valence-corrected chi connectivity index (χ2v) is 6.95. The minimum absolute atomic E-state index is 0.868. The molecule has 0 saturated heterocycles. The van der Waals surface area contributed by atoms with Gasteiger partial charge in [0.1, 0.15) is 0 Å². The van der Waals surface area contributed by atoms with Gasteiger partial charge >= 0.3 is 0 Å². The molecule has 0 bridgehead atoms. The number of hydrogen-bond acceptors (Lipinski definition) is 2. The molecule has 0 unspecified atom stereocenters. The van der Waals surface area contributed by atoms with Crippen LogP contribution in [0.3, 0.4) is 0 Å². The average molecular weight is 366 g/mol.